The molecule has 2 aliphatic heterocycles. The molecule has 3 N–H and O–H groups in total. The summed E-state index contributed by atoms with van der Waals surface area (Å²) in [6.45, 7) is 4.86. The zero-order valence-corrected chi connectivity index (χ0v) is 21.0. The molecule has 0 radical (unpaired) electrons. The lowest BCUT2D eigenvalue weighted by Gasteiger charge is -2.41. The number of rotatable bonds is 7. The predicted molar refractivity (Wildman–Crippen MR) is 135 cm³/mol. The largest absolute Gasteiger partial charge is 0.497 e. The van der Waals surface area contributed by atoms with Crippen LogP contribution >= 0.6 is 0 Å². The van der Waals surface area contributed by atoms with Crippen LogP contribution in [0.4, 0.5) is 10.5 Å². The lowest BCUT2D eigenvalue weighted by atomic mass is 9.96. The third kappa shape index (κ3) is 5.43. The van der Waals surface area contributed by atoms with Crippen LogP contribution in [0, 0.1) is 17.2 Å². The number of amidine groups is 1. The Hall–Kier alpha value is -3.11. The monoisotopic (exact) mass is 499 g/mol. The van der Waals surface area contributed by atoms with Gasteiger partial charge in [-0.3, -0.25) is 10.3 Å². The van der Waals surface area contributed by atoms with Gasteiger partial charge in [0.05, 0.1) is 12.0 Å². The van der Waals surface area contributed by atoms with Crippen LogP contribution in [0.1, 0.15) is 25.3 Å². The fraction of sp³-hybridized carbons (Fsp3) is 0.440. The lowest BCUT2D eigenvalue weighted by molar-refractivity contribution is 0.154. The van der Waals surface area contributed by atoms with E-state index in [4.69, 9.17) is 15.9 Å². The third-order valence-corrected chi connectivity index (χ3v) is 8.66. The van der Waals surface area contributed by atoms with Gasteiger partial charge in [0.2, 0.25) is 10.0 Å². The minimum Gasteiger partial charge on any atom is -0.497 e. The van der Waals surface area contributed by atoms with Gasteiger partial charge in [0.15, 0.2) is 0 Å². The molecule has 0 saturated carbocycles. The number of methoxy groups -OCH3 is 1. The van der Waals surface area contributed by atoms with E-state index < -0.39 is 10.0 Å². The summed E-state index contributed by atoms with van der Waals surface area (Å²) in [6, 6.07) is 13.6. The number of nitrogens with one attached hydrogen (secondary N) is 1. The Labute approximate surface area is 207 Å². The van der Waals surface area contributed by atoms with Crippen LogP contribution in [0.25, 0.3) is 0 Å². The number of benzene rings is 2. The molecule has 1 unspecified atom stereocenters. The Morgan fingerprint density at radius 2 is 1.80 bits per heavy atom. The zero-order chi connectivity index (χ0) is 25.2. The molecular formula is C25H33N5O4S. The highest BCUT2D eigenvalue weighted by atomic mass is 32.2. The van der Waals surface area contributed by atoms with Crippen LogP contribution in [-0.2, 0) is 10.0 Å². The SMILES string of the molecule is COc1ccc(S(=O)(=O)N2CCC(CN3CC(C)CN(c4cccc(C(=N)N)c4)C3=O)CC2)cc1. The van der Waals surface area contributed by atoms with Crippen molar-refractivity contribution < 1.29 is 17.9 Å². The molecule has 9 nitrogen and oxygen atoms in total. The number of nitrogens with zero attached hydrogens (tertiary/aromatic N) is 3. The fourth-order valence-corrected chi connectivity index (χ4v) is 6.29. The Bertz CT molecular complexity index is 1180. The zero-order valence-electron chi connectivity index (χ0n) is 20.2. The predicted octanol–water partition coefficient (Wildman–Crippen LogP) is 2.96. The highest BCUT2D eigenvalue weighted by molar-refractivity contribution is 7.89. The van der Waals surface area contributed by atoms with E-state index in [1.165, 1.54) is 4.31 Å². The summed E-state index contributed by atoms with van der Waals surface area (Å²) in [6.07, 6.45) is 1.40. The molecule has 0 aromatic heterocycles. The smallest absolute Gasteiger partial charge is 0.324 e. The number of ether oxygens (including phenoxy) is 1. The Kier molecular flexibility index (Phi) is 7.32. The van der Waals surface area contributed by atoms with E-state index in [1.807, 2.05) is 17.0 Å². The number of nitrogen functional groups attached to an aromatic ring is 1. The van der Waals surface area contributed by atoms with Gasteiger partial charge >= 0.3 is 6.03 Å². The molecule has 0 bridgehead atoms. The maximum Gasteiger partial charge on any atom is 0.324 e. The second-order valence-corrected chi connectivity index (χ2v) is 11.3. The quantitative estimate of drug-likeness (QED) is 0.448. The number of carbonyl (C=O) groups excluding carboxylic acids is 1. The van der Waals surface area contributed by atoms with Crippen LogP contribution in [0.3, 0.4) is 0 Å². The van der Waals surface area contributed by atoms with Gasteiger partial charge in [-0.15, -0.1) is 0 Å². The molecule has 2 heterocycles. The van der Waals surface area contributed by atoms with Gasteiger partial charge in [-0.25, -0.2) is 13.2 Å². The number of urea groups is 1. The molecule has 2 aromatic carbocycles. The summed E-state index contributed by atoms with van der Waals surface area (Å²) in [5, 5.41) is 7.69. The van der Waals surface area contributed by atoms with Crippen molar-refractivity contribution in [2.24, 2.45) is 17.6 Å². The lowest BCUT2D eigenvalue weighted by Crippen LogP contribution is -2.55. The van der Waals surface area contributed by atoms with Crippen LogP contribution < -0.4 is 15.4 Å². The molecule has 1 atom stereocenters. The van der Waals surface area contributed by atoms with Crippen LogP contribution in [0.5, 0.6) is 5.75 Å². The molecule has 2 aromatic rings. The number of anilines is 1. The van der Waals surface area contributed by atoms with Gasteiger partial charge < -0.3 is 15.4 Å². The molecular weight excluding hydrogens is 466 g/mol. The van der Waals surface area contributed by atoms with Crippen LogP contribution in [0.2, 0.25) is 0 Å². The summed E-state index contributed by atoms with van der Waals surface area (Å²) >= 11 is 0. The summed E-state index contributed by atoms with van der Waals surface area (Å²) in [5.41, 5.74) is 6.96. The van der Waals surface area contributed by atoms with Crippen molar-refractivity contribution in [3.63, 3.8) is 0 Å². The number of hydrogen-bond acceptors (Lipinski definition) is 5. The summed E-state index contributed by atoms with van der Waals surface area (Å²) < 4.78 is 32.7. The summed E-state index contributed by atoms with van der Waals surface area (Å²) in [5.74, 6) is 1.10. The number of sulfonamides is 1. The van der Waals surface area contributed by atoms with E-state index >= 15 is 0 Å². The van der Waals surface area contributed by atoms with Crippen molar-refractivity contribution in [2.75, 3.05) is 44.7 Å². The Morgan fingerprint density at radius 1 is 1.11 bits per heavy atom. The standard InChI is InChI=1S/C25H33N5O4S/c1-18-15-28(25(31)30(16-18)21-5-3-4-20(14-21)24(26)27)17-19-10-12-29(13-11-19)35(32,33)23-8-6-22(34-2)7-9-23/h3-9,14,18-19H,10-13,15-17H2,1-2H3,(H3,26,27). The van der Waals surface area contributed by atoms with Crippen molar-refractivity contribution in [1.29, 1.82) is 5.41 Å². The normalized spacial score (nSPS) is 20.2. The van der Waals surface area contributed by atoms with Crippen molar-refractivity contribution in [3.8, 4) is 5.75 Å². The second-order valence-electron chi connectivity index (χ2n) is 9.39. The van der Waals surface area contributed by atoms with Gasteiger partial charge in [0.1, 0.15) is 11.6 Å². The number of amides is 2. The maximum absolute atomic E-state index is 13.3. The molecule has 2 aliphatic rings. The summed E-state index contributed by atoms with van der Waals surface area (Å²) in [7, 11) is -2.01. The van der Waals surface area contributed by atoms with Crippen LogP contribution in [0.15, 0.2) is 53.4 Å². The molecule has 188 valence electrons. The van der Waals surface area contributed by atoms with Gasteiger partial charge in [-0.2, -0.15) is 4.31 Å². The second kappa shape index (κ2) is 10.2. The van der Waals surface area contributed by atoms with E-state index in [0.717, 1.165) is 5.69 Å². The Morgan fingerprint density at radius 3 is 2.43 bits per heavy atom. The highest BCUT2D eigenvalue weighted by Gasteiger charge is 2.35. The molecule has 10 heteroatoms. The average Bonchev–Trinajstić information content (AvgIpc) is 2.86. The maximum atomic E-state index is 13.3. The highest BCUT2D eigenvalue weighted by Crippen LogP contribution is 2.28. The molecule has 0 spiro atoms. The first-order valence-corrected chi connectivity index (χ1v) is 13.3. The number of carbonyl (C=O) groups is 1. The van der Waals surface area contributed by atoms with E-state index in [0.29, 0.717) is 56.9 Å². The molecule has 2 amide bonds. The third-order valence-electron chi connectivity index (χ3n) is 6.75. The first-order valence-electron chi connectivity index (χ1n) is 11.8. The minimum absolute atomic E-state index is 0.0300. The van der Waals surface area contributed by atoms with Crippen LogP contribution in [-0.4, -0.2) is 69.3 Å². The van der Waals surface area contributed by atoms with Gasteiger partial charge in [-0.1, -0.05) is 19.1 Å². The van der Waals surface area contributed by atoms with E-state index in [9.17, 15) is 13.2 Å². The van der Waals surface area contributed by atoms with Crippen molar-refractivity contribution in [1.82, 2.24) is 9.21 Å². The number of nitrogens with two attached hydrogens (primary N) is 1. The first-order chi connectivity index (χ1) is 16.7. The number of piperidine rings is 1. The average molecular weight is 500 g/mol. The Balaban J connectivity index is 1.39. The topological polar surface area (TPSA) is 120 Å². The van der Waals surface area contributed by atoms with E-state index in [2.05, 4.69) is 6.92 Å². The van der Waals surface area contributed by atoms with Gasteiger partial charge in [0.25, 0.3) is 0 Å². The molecule has 4 rings (SSSR count). The summed E-state index contributed by atoms with van der Waals surface area (Å²) in [4.78, 5) is 17.2. The van der Waals surface area contributed by atoms with Gasteiger partial charge in [0, 0.05) is 44.0 Å². The molecule has 35 heavy (non-hydrogen) atoms. The van der Waals surface area contributed by atoms with Crippen molar-refractivity contribution >= 4 is 27.6 Å². The fourth-order valence-electron chi connectivity index (χ4n) is 4.82. The first kappa shape index (κ1) is 25.0. The number of hydrogen-bond donors (Lipinski definition) is 2. The van der Waals surface area contributed by atoms with Crippen molar-refractivity contribution in [3.05, 3.63) is 54.1 Å². The van der Waals surface area contributed by atoms with E-state index in [1.54, 1.807) is 48.4 Å². The molecule has 2 fully saturated rings. The van der Waals surface area contributed by atoms with Crippen molar-refractivity contribution in [2.45, 2.75) is 24.7 Å². The minimum atomic E-state index is -3.56. The molecule has 2 saturated heterocycles. The van der Waals surface area contributed by atoms with Gasteiger partial charge in [-0.05, 0) is 61.1 Å². The molecule has 0 aliphatic carbocycles. The van der Waals surface area contributed by atoms with E-state index in [-0.39, 0.29) is 28.6 Å².